The summed E-state index contributed by atoms with van der Waals surface area (Å²) in [5.74, 6) is 0. The minimum Gasteiger partial charge on any atom is -0.381 e. The standard InChI is InChI=1S/C13H18N4O2/c1-10(6-7-16(2)3)15-13-5-4-12(17(18)19)8-11(13)9-14/h4-5,8,10,15H,6-7H2,1-3H3. The molecule has 0 fully saturated rings. The molecule has 1 aromatic rings. The van der Waals surface area contributed by atoms with Crippen molar-refractivity contribution in [2.24, 2.45) is 0 Å². The summed E-state index contributed by atoms with van der Waals surface area (Å²) in [5.41, 5.74) is 0.869. The molecule has 102 valence electrons. The number of nitrogens with one attached hydrogen (secondary N) is 1. The van der Waals surface area contributed by atoms with Crippen LogP contribution in [0, 0.1) is 21.4 Å². The van der Waals surface area contributed by atoms with Crippen molar-refractivity contribution in [3.8, 4) is 6.07 Å². The summed E-state index contributed by atoms with van der Waals surface area (Å²) in [6, 6.07) is 6.46. The molecule has 19 heavy (non-hydrogen) atoms. The molecular formula is C13H18N4O2. The fourth-order valence-corrected chi connectivity index (χ4v) is 1.65. The number of nitriles is 1. The van der Waals surface area contributed by atoms with Gasteiger partial charge in [-0.2, -0.15) is 5.26 Å². The van der Waals surface area contributed by atoms with Gasteiger partial charge in [-0.15, -0.1) is 0 Å². The van der Waals surface area contributed by atoms with Crippen LogP contribution in [0.3, 0.4) is 0 Å². The summed E-state index contributed by atoms with van der Waals surface area (Å²) in [5, 5.41) is 22.9. The van der Waals surface area contributed by atoms with Gasteiger partial charge in [0.2, 0.25) is 0 Å². The summed E-state index contributed by atoms with van der Waals surface area (Å²) in [4.78, 5) is 12.2. The largest absolute Gasteiger partial charge is 0.381 e. The Hall–Kier alpha value is -2.13. The third-order valence-electron chi connectivity index (χ3n) is 2.75. The molecule has 0 heterocycles. The zero-order chi connectivity index (χ0) is 14.4. The van der Waals surface area contributed by atoms with E-state index in [9.17, 15) is 10.1 Å². The van der Waals surface area contributed by atoms with Gasteiger partial charge in [0.15, 0.2) is 0 Å². The summed E-state index contributed by atoms with van der Waals surface area (Å²) >= 11 is 0. The lowest BCUT2D eigenvalue weighted by Gasteiger charge is -2.18. The number of hydrogen-bond acceptors (Lipinski definition) is 5. The zero-order valence-electron chi connectivity index (χ0n) is 11.4. The Kier molecular flexibility index (Phi) is 5.27. The van der Waals surface area contributed by atoms with Gasteiger partial charge in [0.1, 0.15) is 6.07 Å². The van der Waals surface area contributed by atoms with Gasteiger partial charge in [0, 0.05) is 18.2 Å². The topological polar surface area (TPSA) is 82.2 Å². The van der Waals surface area contributed by atoms with Crippen molar-refractivity contribution < 1.29 is 4.92 Å². The Balaban J connectivity index is 2.78. The van der Waals surface area contributed by atoms with Crippen LogP contribution in [0.15, 0.2) is 18.2 Å². The summed E-state index contributed by atoms with van der Waals surface area (Å²) in [7, 11) is 4.00. The van der Waals surface area contributed by atoms with E-state index in [4.69, 9.17) is 5.26 Å². The normalized spacial score (nSPS) is 11.9. The van der Waals surface area contributed by atoms with Gasteiger partial charge in [-0.1, -0.05) is 0 Å². The Morgan fingerprint density at radius 1 is 1.53 bits per heavy atom. The Labute approximate surface area is 112 Å². The van der Waals surface area contributed by atoms with Crippen LogP contribution in [-0.4, -0.2) is 36.5 Å². The highest BCUT2D eigenvalue weighted by atomic mass is 16.6. The SMILES string of the molecule is CC(CCN(C)C)Nc1ccc([N+](=O)[O-])cc1C#N. The van der Waals surface area contributed by atoms with Crippen molar-refractivity contribution in [1.29, 1.82) is 5.26 Å². The van der Waals surface area contributed by atoms with Crippen LogP contribution in [0.4, 0.5) is 11.4 Å². The minimum absolute atomic E-state index is 0.0666. The van der Waals surface area contributed by atoms with Crippen molar-refractivity contribution in [3.05, 3.63) is 33.9 Å². The molecule has 1 atom stereocenters. The number of rotatable bonds is 6. The van der Waals surface area contributed by atoms with Gasteiger partial charge < -0.3 is 10.2 Å². The van der Waals surface area contributed by atoms with Crippen LogP contribution < -0.4 is 5.32 Å². The second-order valence-corrected chi connectivity index (χ2v) is 4.74. The number of nitro benzene ring substituents is 1. The predicted molar refractivity (Wildman–Crippen MR) is 74.1 cm³/mol. The molecule has 0 aliphatic carbocycles. The van der Waals surface area contributed by atoms with Crippen molar-refractivity contribution in [1.82, 2.24) is 4.90 Å². The van der Waals surface area contributed by atoms with E-state index in [1.807, 2.05) is 27.1 Å². The molecule has 1 N–H and O–H groups in total. The van der Waals surface area contributed by atoms with E-state index in [1.165, 1.54) is 12.1 Å². The van der Waals surface area contributed by atoms with E-state index in [1.54, 1.807) is 6.07 Å². The quantitative estimate of drug-likeness (QED) is 0.628. The maximum Gasteiger partial charge on any atom is 0.270 e. The molecule has 0 saturated heterocycles. The molecule has 0 amide bonds. The number of benzene rings is 1. The van der Waals surface area contributed by atoms with E-state index in [0.29, 0.717) is 11.3 Å². The van der Waals surface area contributed by atoms with Crippen molar-refractivity contribution >= 4 is 11.4 Å². The first-order valence-electron chi connectivity index (χ1n) is 6.04. The Bertz CT molecular complexity index is 494. The minimum atomic E-state index is -0.500. The number of non-ortho nitro benzene ring substituents is 1. The number of anilines is 1. The lowest BCUT2D eigenvalue weighted by molar-refractivity contribution is -0.384. The first-order valence-corrected chi connectivity index (χ1v) is 6.04. The third kappa shape index (κ3) is 4.56. The van der Waals surface area contributed by atoms with E-state index in [2.05, 4.69) is 10.2 Å². The van der Waals surface area contributed by atoms with Crippen LogP contribution in [0.5, 0.6) is 0 Å². The summed E-state index contributed by atoms with van der Waals surface area (Å²) in [6.07, 6.45) is 0.925. The summed E-state index contributed by atoms with van der Waals surface area (Å²) in [6.45, 7) is 2.95. The highest BCUT2D eigenvalue weighted by Gasteiger charge is 2.12. The van der Waals surface area contributed by atoms with Crippen molar-refractivity contribution in [3.63, 3.8) is 0 Å². The Morgan fingerprint density at radius 2 is 2.21 bits per heavy atom. The molecule has 0 aliphatic heterocycles. The van der Waals surface area contributed by atoms with Crippen LogP contribution in [0.2, 0.25) is 0 Å². The molecule has 1 rings (SSSR count). The molecule has 0 radical (unpaired) electrons. The van der Waals surface area contributed by atoms with Gasteiger partial charge in [-0.25, -0.2) is 0 Å². The predicted octanol–water partition coefficient (Wildman–Crippen LogP) is 2.22. The van der Waals surface area contributed by atoms with Crippen LogP contribution >= 0.6 is 0 Å². The van der Waals surface area contributed by atoms with Crippen LogP contribution in [-0.2, 0) is 0 Å². The van der Waals surface area contributed by atoms with Crippen molar-refractivity contribution in [2.45, 2.75) is 19.4 Å². The van der Waals surface area contributed by atoms with Crippen molar-refractivity contribution in [2.75, 3.05) is 26.0 Å². The average Bonchev–Trinajstić information content (AvgIpc) is 2.36. The number of nitrogens with zero attached hydrogens (tertiary/aromatic N) is 3. The van der Waals surface area contributed by atoms with Gasteiger partial charge in [0.05, 0.1) is 16.2 Å². The zero-order valence-corrected chi connectivity index (χ0v) is 11.4. The van der Waals surface area contributed by atoms with Gasteiger partial charge in [-0.3, -0.25) is 10.1 Å². The molecule has 0 aliphatic rings. The van der Waals surface area contributed by atoms with E-state index >= 15 is 0 Å². The first-order chi connectivity index (χ1) is 8.93. The molecule has 0 aromatic heterocycles. The molecule has 1 unspecified atom stereocenters. The maximum atomic E-state index is 10.7. The fourth-order valence-electron chi connectivity index (χ4n) is 1.65. The molecule has 0 bridgehead atoms. The second kappa shape index (κ2) is 6.71. The lowest BCUT2D eigenvalue weighted by atomic mass is 10.1. The number of hydrogen-bond donors (Lipinski definition) is 1. The number of nitro groups is 1. The van der Waals surface area contributed by atoms with Crippen LogP contribution in [0.1, 0.15) is 18.9 Å². The molecule has 0 saturated carbocycles. The first kappa shape index (κ1) is 14.9. The second-order valence-electron chi connectivity index (χ2n) is 4.74. The van der Waals surface area contributed by atoms with E-state index < -0.39 is 4.92 Å². The third-order valence-corrected chi connectivity index (χ3v) is 2.75. The monoisotopic (exact) mass is 262 g/mol. The highest BCUT2D eigenvalue weighted by molar-refractivity contribution is 5.61. The Morgan fingerprint density at radius 3 is 2.74 bits per heavy atom. The molecular weight excluding hydrogens is 244 g/mol. The smallest absolute Gasteiger partial charge is 0.270 e. The molecule has 6 heteroatoms. The maximum absolute atomic E-state index is 10.7. The van der Waals surface area contributed by atoms with Crippen LogP contribution in [0.25, 0.3) is 0 Å². The fraction of sp³-hybridized carbons (Fsp3) is 0.462. The van der Waals surface area contributed by atoms with E-state index in [-0.39, 0.29) is 11.7 Å². The summed E-state index contributed by atoms with van der Waals surface area (Å²) < 4.78 is 0. The van der Waals surface area contributed by atoms with Gasteiger partial charge in [-0.05, 0) is 40.1 Å². The average molecular weight is 262 g/mol. The molecule has 6 nitrogen and oxygen atoms in total. The molecule has 1 aromatic carbocycles. The lowest BCUT2D eigenvalue weighted by Crippen LogP contribution is -2.23. The van der Waals surface area contributed by atoms with Gasteiger partial charge in [0.25, 0.3) is 5.69 Å². The van der Waals surface area contributed by atoms with E-state index in [0.717, 1.165) is 13.0 Å². The molecule has 0 spiro atoms. The van der Waals surface area contributed by atoms with Gasteiger partial charge >= 0.3 is 0 Å². The highest BCUT2D eigenvalue weighted by Crippen LogP contribution is 2.22.